The highest BCUT2D eigenvalue weighted by atomic mass is 32.1. The number of nitrogen functional groups attached to an aromatic ring is 1. The lowest BCUT2D eigenvalue weighted by Gasteiger charge is -1.89. The summed E-state index contributed by atoms with van der Waals surface area (Å²) in [4.78, 5) is 1.96. The first-order valence-corrected chi connectivity index (χ1v) is 5.36. The molecule has 2 aromatic rings. The van der Waals surface area contributed by atoms with Crippen molar-refractivity contribution in [3.63, 3.8) is 0 Å². The molecule has 0 saturated carbocycles. The maximum absolute atomic E-state index is 5.39. The molecular weight excluding hydrogens is 222 g/mol. The van der Waals surface area contributed by atoms with E-state index in [1.807, 2.05) is 54.6 Å². The SMILES string of the molecule is Nc1ccc(S)cc1.Sc1ccccc1. The van der Waals surface area contributed by atoms with E-state index in [0.29, 0.717) is 0 Å². The lowest BCUT2D eigenvalue weighted by molar-refractivity contribution is 1.48. The van der Waals surface area contributed by atoms with Gasteiger partial charge < -0.3 is 5.73 Å². The zero-order chi connectivity index (χ0) is 11.1. The van der Waals surface area contributed by atoms with E-state index in [1.165, 1.54) is 0 Å². The van der Waals surface area contributed by atoms with Crippen LogP contribution in [0.1, 0.15) is 0 Å². The number of nitrogens with two attached hydrogens (primary N) is 1. The molecule has 1 nitrogen and oxygen atoms in total. The van der Waals surface area contributed by atoms with Gasteiger partial charge in [-0.1, -0.05) is 18.2 Å². The number of hydrogen-bond donors (Lipinski definition) is 3. The van der Waals surface area contributed by atoms with Crippen molar-refractivity contribution >= 4 is 30.9 Å². The van der Waals surface area contributed by atoms with Gasteiger partial charge in [-0.3, -0.25) is 0 Å². The van der Waals surface area contributed by atoms with Gasteiger partial charge in [-0.25, -0.2) is 0 Å². The second-order valence-electron chi connectivity index (χ2n) is 2.93. The van der Waals surface area contributed by atoms with E-state index in [9.17, 15) is 0 Å². The third-order valence-corrected chi connectivity index (χ3v) is 2.25. The minimum Gasteiger partial charge on any atom is -0.399 e. The molecule has 0 amide bonds. The molecule has 0 aliphatic heterocycles. The normalized spacial score (nSPS) is 8.93. The molecule has 2 aromatic carbocycles. The Hall–Kier alpha value is -1.06. The summed E-state index contributed by atoms with van der Waals surface area (Å²) in [6, 6.07) is 17.2. The maximum Gasteiger partial charge on any atom is 0.0314 e. The van der Waals surface area contributed by atoms with Gasteiger partial charge in [0.2, 0.25) is 0 Å². The number of rotatable bonds is 0. The minimum absolute atomic E-state index is 0.780. The fourth-order valence-electron chi connectivity index (χ4n) is 0.902. The maximum atomic E-state index is 5.39. The number of anilines is 1. The molecule has 0 atom stereocenters. The Morgan fingerprint density at radius 2 is 1.13 bits per heavy atom. The first-order valence-electron chi connectivity index (χ1n) is 4.47. The highest BCUT2D eigenvalue weighted by Gasteiger charge is 1.81. The highest BCUT2D eigenvalue weighted by molar-refractivity contribution is 7.80. The van der Waals surface area contributed by atoms with Crippen LogP contribution in [0.5, 0.6) is 0 Å². The molecule has 0 unspecified atom stereocenters. The van der Waals surface area contributed by atoms with Crippen LogP contribution < -0.4 is 5.73 Å². The monoisotopic (exact) mass is 235 g/mol. The Bertz CT molecular complexity index is 363. The van der Waals surface area contributed by atoms with Crippen molar-refractivity contribution in [2.75, 3.05) is 5.73 Å². The van der Waals surface area contributed by atoms with Crippen LogP contribution in [0.25, 0.3) is 0 Å². The molecule has 2 N–H and O–H groups in total. The molecule has 0 aromatic heterocycles. The molecule has 3 heteroatoms. The molecule has 0 bridgehead atoms. The van der Waals surface area contributed by atoms with Gasteiger partial charge in [0.1, 0.15) is 0 Å². The highest BCUT2D eigenvalue weighted by Crippen LogP contribution is 2.07. The van der Waals surface area contributed by atoms with Crippen LogP contribution in [0.3, 0.4) is 0 Å². The molecule has 0 aliphatic carbocycles. The first kappa shape index (κ1) is 12.0. The van der Waals surface area contributed by atoms with Gasteiger partial charge in [0.05, 0.1) is 0 Å². The molecule has 2 rings (SSSR count). The van der Waals surface area contributed by atoms with Crippen LogP contribution in [0.2, 0.25) is 0 Å². The van der Waals surface area contributed by atoms with E-state index in [-0.39, 0.29) is 0 Å². The Labute approximate surface area is 101 Å². The van der Waals surface area contributed by atoms with Crippen molar-refractivity contribution in [2.45, 2.75) is 9.79 Å². The molecule has 15 heavy (non-hydrogen) atoms. The molecule has 78 valence electrons. The summed E-state index contributed by atoms with van der Waals surface area (Å²) in [6.07, 6.45) is 0. The lowest BCUT2D eigenvalue weighted by Crippen LogP contribution is -1.80. The molecule has 0 heterocycles. The van der Waals surface area contributed by atoms with Crippen molar-refractivity contribution in [3.05, 3.63) is 54.6 Å². The molecule has 0 saturated heterocycles. The quantitative estimate of drug-likeness (QED) is 0.472. The standard InChI is InChI=1S/C6H7NS.C6H6S/c7-5-1-3-6(8)4-2-5;7-6-4-2-1-3-5-6/h1-4,8H,7H2;1-5,7H. The Kier molecular flexibility index (Phi) is 5.15. The van der Waals surface area contributed by atoms with Crippen LogP contribution in [0, 0.1) is 0 Å². The summed E-state index contributed by atoms with van der Waals surface area (Å²) >= 11 is 8.16. The second kappa shape index (κ2) is 6.43. The molecule has 0 fully saturated rings. The van der Waals surface area contributed by atoms with Gasteiger partial charge in [0.25, 0.3) is 0 Å². The van der Waals surface area contributed by atoms with Crippen LogP contribution in [0.4, 0.5) is 5.69 Å². The zero-order valence-corrected chi connectivity index (χ0v) is 9.96. The largest absolute Gasteiger partial charge is 0.399 e. The summed E-state index contributed by atoms with van der Waals surface area (Å²) < 4.78 is 0. The van der Waals surface area contributed by atoms with Gasteiger partial charge in [-0.05, 0) is 36.4 Å². The number of benzene rings is 2. The van der Waals surface area contributed by atoms with Crippen LogP contribution in [-0.4, -0.2) is 0 Å². The smallest absolute Gasteiger partial charge is 0.0314 e. The molecular formula is C12H13NS2. The van der Waals surface area contributed by atoms with Crippen molar-refractivity contribution < 1.29 is 0 Å². The summed E-state index contributed by atoms with van der Waals surface area (Å²) in [7, 11) is 0. The van der Waals surface area contributed by atoms with Crippen LogP contribution >= 0.6 is 25.3 Å². The molecule has 0 spiro atoms. The van der Waals surface area contributed by atoms with Gasteiger partial charge in [-0.2, -0.15) is 0 Å². The van der Waals surface area contributed by atoms with Gasteiger partial charge >= 0.3 is 0 Å². The van der Waals surface area contributed by atoms with E-state index >= 15 is 0 Å². The Balaban J connectivity index is 0.000000151. The van der Waals surface area contributed by atoms with Crippen LogP contribution in [-0.2, 0) is 0 Å². The Morgan fingerprint density at radius 1 is 0.667 bits per heavy atom. The third kappa shape index (κ3) is 5.40. The fourth-order valence-corrected chi connectivity index (χ4v) is 1.22. The summed E-state index contributed by atoms with van der Waals surface area (Å²) in [5.74, 6) is 0. The lowest BCUT2D eigenvalue weighted by atomic mass is 10.3. The second-order valence-corrected chi connectivity index (χ2v) is 3.96. The first-order chi connectivity index (χ1) is 7.18. The predicted molar refractivity (Wildman–Crippen MR) is 71.8 cm³/mol. The van der Waals surface area contributed by atoms with Crippen molar-refractivity contribution in [2.24, 2.45) is 0 Å². The summed E-state index contributed by atoms with van der Waals surface area (Å²) in [5, 5.41) is 0. The van der Waals surface area contributed by atoms with E-state index in [2.05, 4.69) is 25.3 Å². The van der Waals surface area contributed by atoms with Crippen molar-refractivity contribution in [3.8, 4) is 0 Å². The minimum atomic E-state index is 0.780. The van der Waals surface area contributed by atoms with E-state index < -0.39 is 0 Å². The number of hydrogen-bond acceptors (Lipinski definition) is 3. The van der Waals surface area contributed by atoms with Crippen molar-refractivity contribution in [1.82, 2.24) is 0 Å². The average molecular weight is 235 g/mol. The van der Waals surface area contributed by atoms with E-state index in [0.717, 1.165) is 15.5 Å². The topological polar surface area (TPSA) is 26.0 Å². The predicted octanol–water partition coefficient (Wildman–Crippen LogP) is 3.53. The molecule has 0 aliphatic rings. The van der Waals surface area contributed by atoms with Gasteiger partial charge in [0, 0.05) is 15.5 Å². The molecule has 0 radical (unpaired) electrons. The van der Waals surface area contributed by atoms with E-state index in [4.69, 9.17) is 5.73 Å². The third-order valence-electron chi connectivity index (χ3n) is 1.65. The van der Waals surface area contributed by atoms with Gasteiger partial charge in [0.15, 0.2) is 0 Å². The van der Waals surface area contributed by atoms with Gasteiger partial charge in [-0.15, -0.1) is 25.3 Å². The Morgan fingerprint density at radius 3 is 1.47 bits per heavy atom. The van der Waals surface area contributed by atoms with Crippen molar-refractivity contribution in [1.29, 1.82) is 0 Å². The average Bonchev–Trinajstić information content (AvgIpc) is 2.25. The fraction of sp³-hybridized carbons (Fsp3) is 0. The summed E-state index contributed by atoms with van der Waals surface area (Å²) in [5.41, 5.74) is 6.17. The summed E-state index contributed by atoms with van der Waals surface area (Å²) in [6.45, 7) is 0. The van der Waals surface area contributed by atoms with E-state index in [1.54, 1.807) is 0 Å². The number of thiol groups is 2. The zero-order valence-electron chi connectivity index (χ0n) is 8.17. The van der Waals surface area contributed by atoms with Crippen LogP contribution in [0.15, 0.2) is 64.4 Å².